The first-order chi connectivity index (χ1) is 7.45. The fourth-order valence-electron chi connectivity index (χ4n) is 1.10. The molecule has 0 fully saturated rings. The quantitative estimate of drug-likeness (QED) is 0.864. The van der Waals surface area contributed by atoms with Gasteiger partial charge in [-0.15, -0.1) is 0 Å². The zero-order valence-corrected chi connectivity index (χ0v) is 8.21. The van der Waals surface area contributed by atoms with Crippen molar-refractivity contribution in [3.8, 4) is 5.88 Å². The maximum absolute atomic E-state index is 13.3. The van der Waals surface area contributed by atoms with Crippen molar-refractivity contribution in [3.63, 3.8) is 0 Å². The minimum Gasteiger partial charge on any atom is -0.481 e. The van der Waals surface area contributed by atoms with Gasteiger partial charge in [0.05, 0.1) is 24.8 Å². The van der Waals surface area contributed by atoms with Gasteiger partial charge < -0.3 is 9.84 Å². The lowest BCUT2D eigenvalue weighted by molar-refractivity contribution is -0.136. The van der Waals surface area contributed by atoms with E-state index in [1.807, 2.05) is 0 Å². The Bertz CT molecular complexity index is 409. The molecule has 0 bridgehead atoms. The monoisotopic (exact) mass is 235 g/mol. The largest absolute Gasteiger partial charge is 0.481 e. The molecule has 0 atom stereocenters. The first-order valence-corrected chi connectivity index (χ1v) is 4.19. The first kappa shape index (κ1) is 12.3. The predicted octanol–water partition coefficient (Wildman–Crippen LogP) is 1.79. The van der Waals surface area contributed by atoms with Gasteiger partial charge in [-0.3, -0.25) is 4.79 Å². The van der Waals surface area contributed by atoms with E-state index < -0.39 is 35.9 Å². The second-order valence-corrected chi connectivity index (χ2v) is 2.89. The summed E-state index contributed by atoms with van der Waals surface area (Å²) in [5, 5.41) is 8.45. The number of carboxylic acid groups (broad SMARTS) is 1. The highest BCUT2D eigenvalue weighted by Crippen LogP contribution is 2.27. The number of methoxy groups -OCH3 is 1. The molecule has 0 aliphatic rings. The molecule has 0 unspecified atom stereocenters. The smallest absolute Gasteiger partial charge is 0.309 e. The van der Waals surface area contributed by atoms with E-state index in [-0.39, 0.29) is 5.88 Å². The minimum absolute atomic E-state index is 0.243. The Morgan fingerprint density at radius 2 is 2.25 bits per heavy atom. The fraction of sp³-hybridized carbons (Fsp3) is 0.333. The van der Waals surface area contributed by atoms with Gasteiger partial charge in [0.1, 0.15) is 0 Å². The fourth-order valence-corrected chi connectivity index (χ4v) is 1.10. The Labute approximate surface area is 88.7 Å². The summed E-state index contributed by atoms with van der Waals surface area (Å²) in [7, 11) is 1.17. The van der Waals surface area contributed by atoms with E-state index in [0.717, 1.165) is 6.07 Å². The second-order valence-electron chi connectivity index (χ2n) is 2.89. The lowest BCUT2D eigenvalue weighted by Gasteiger charge is -2.08. The normalized spacial score (nSPS) is 10.6. The molecule has 0 radical (unpaired) electrons. The van der Waals surface area contributed by atoms with Gasteiger partial charge >= 0.3 is 5.97 Å². The summed E-state index contributed by atoms with van der Waals surface area (Å²) in [4.78, 5) is 13.8. The van der Waals surface area contributed by atoms with Gasteiger partial charge in [0.25, 0.3) is 6.43 Å². The third-order valence-electron chi connectivity index (χ3n) is 1.79. The van der Waals surface area contributed by atoms with Crippen LogP contribution in [0.15, 0.2) is 6.07 Å². The van der Waals surface area contributed by atoms with E-state index in [1.165, 1.54) is 7.11 Å². The Balaban J connectivity index is 3.25. The molecule has 7 heteroatoms. The van der Waals surface area contributed by atoms with Gasteiger partial charge in [0.15, 0.2) is 5.82 Å². The molecule has 88 valence electrons. The molecular weight excluding hydrogens is 227 g/mol. The zero-order chi connectivity index (χ0) is 12.3. The number of aliphatic carboxylic acids is 1. The van der Waals surface area contributed by atoms with E-state index in [9.17, 15) is 18.0 Å². The van der Waals surface area contributed by atoms with Gasteiger partial charge in [-0.05, 0) is 0 Å². The lowest BCUT2D eigenvalue weighted by atomic mass is 10.2. The molecule has 1 heterocycles. The Kier molecular flexibility index (Phi) is 3.70. The number of carbonyl (C=O) groups is 1. The Hall–Kier alpha value is -1.79. The molecule has 0 aromatic carbocycles. The standard InChI is InChI=1S/C9H8F3NO3/c1-16-6-2-4(9(11)12)8(10)5(13-6)3-7(14)15/h2,9H,3H2,1H3,(H,14,15). The Morgan fingerprint density at radius 3 is 2.69 bits per heavy atom. The van der Waals surface area contributed by atoms with E-state index >= 15 is 0 Å². The minimum atomic E-state index is -3.05. The van der Waals surface area contributed by atoms with Crippen LogP contribution in [0.3, 0.4) is 0 Å². The molecule has 0 aliphatic carbocycles. The maximum atomic E-state index is 13.3. The summed E-state index contributed by atoms with van der Waals surface area (Å²) in [5.41, 5.74) is -1.48. The molecule has 1 N–H and O–H groups in total. The number of rotatable bonds is 4. The van der Waals surface area contributed by atoms with E-state index in [1.54, 1.807) is 0 Å². The molecular formula is C9H8F3NO3. The number of hydrogen-bond donors (Lipinski definition) is 1. The highest BCUT2D eigenvalue weighted by molar-refractivity contribution is 5.69. The number of halogens is 3. The zero-order valence-electron chi connectivity index (χ0n) is 8.21. The van der Waals surface area contributed by atoms with Crippen molar-refractivity contribution >= 4 is 5.97 Å². The van der Waals surface area contributed by atoms with Gasteiger partial charge in [0, 0.05) is 6.07 Å². The van der Waals surface area contributed by atoms with Crippen molar-refractivity contribution in [2.24, 2.45) is 0 Å². The van der Waals surface area contributed by atoms with Crippen LogP contribution < -0.4 is 4.74 Å². The summed E-state index contributed by atoms with van der Waals surface area (Å²) in [5.74, 6) is -2.91. The summed E-state index contributed by atoms with van der Waals surface area (Å²) < 4.78 is 42.7. The van der Waals surface area contributed by atoms with Crippen LogP contribution >= 0.6 is 0 Å². The molecule has 16 heavy (non-hydrogen) atoms. The van der Waals surface area contributed by atoms with Crippen molar-refractivity contribution in [1.29, 1.82) is 0 Å². The topological polar surface area (TPSA) is 59.4 Å². The van der Waals surface area contributed by atoms with Crippen LogP contribution in [0.25, 0.3) is 0 Å². The number of carboxylic acids is 1. The van der Waals surface area contributed by atoms with E-state index in [4.69, 9.17) is 5.11 Å². The average molecular weight is 235 g/mol. The predicted molar refractivity (Wildman–Crippen MR) is 47.0 cm³/mol. The first-order valence-electron chi connectivity index (χ1n) is 4.19. The number of nitrogens with zero attached hydrogens (tertiary/aromatic N) is 1. The number of alkyl halides is 2. The third-order valence-corrected chi connectivity index (χ3v) is 1.79. The Morgan fingerprint density at radius 1 is 1.62 bits per heavy atom. The highest BCUT2D eigenvalue weighted by atomic mass is 19.3. The average Bonchev–Trinajstić information content (AvgIpc) is 2.19. The summed E-state index contributed by atoms with van der Waals surface area (Å²) in [6, 6.07) is 0.741. The van der Waals surface area contributed by atoms with Crippen molar-refractivity contribution in [3.05, 3.63) is 23.1 Å². The summed E-state index contributed by atoms with van der Waals surface area (Å²) >= 11 is 0. The van der Waals surface area contributed by atoms with Gasteiger partial charge in [-0.2, -0.15) is 0 Å². The van der Waals surface area contributed by atoms with Crippen molar-refractivity contribution < 1.29 is 27.8 Å². The number of ether oxygens (including phenoxy) is 1. The molecule has 0 aliphatic heterocycles. The second kappa shape index (κ2) is 4.82. The van der Waals surface area contributed by atoms with E-state index in [0.29, 0.717) is 0 Å². The van der Waals surface area contributed by atoms with E-state index in [2.05, 4.69) is 9.72 Å². The molecule has 1 aromatic rings. The highest BCUT2D eigenvalue weighted by Gasteiger charge is 2.21. The van der Waals surface area contributed by atoms with Gasteiger partial charge in [-0.25, -0.2) is 18.2 Å². The molecule has 0 saturated carbocycles. The maximum Gasteiger partial charge on any atom is 0.309 e. The van der Waals surface area contributed by atoms with Gasteiger partial charge in [-0.1, -0.05) is 0 Å². The van der Waals surface area contributed by atoms with Crippen LogP contribution in [-0.4, -0.2) is 23.2 Å². The van der Waals surface area contributed by atoms with Crippen LogP contribution in [0.5, 0.6) is 5.88 Å². The van der Waals surface area contributed by atoms with Crippen LogP contribution in [0, 0.1) is 5.82 Å². The van der Waals surface area contributed by atoms with Crippen molar-refractivity contribution in [2.45, 2.75) is 12.8 Å². The molecule has 0 saturated heterocycles. The van der Waals surface area contributed by atoms with Gasteiger partial charge in [0.2, 0.25) is 5.88 Å². The lowest BCUT2D eigenvalue weighted by Crippen LogP contribution is -2.08. The van der Waals surface area contributed by atoms with Crippen LogP contribution in [0.4, 0.5) is 13.2 Å². The summed E-state index contributed by atoms with van der Waals surface area (Å²) in [6.07, 6.45) is -3.83. The van der Waals surface area contributed by atoms with Crippen molar-refractivity contribution in [2.75, 3.05) is 7.11 Å². The third kappa shape index (κ3) is 2.62. The molecule has 1 rings (SSSR count). The van der Waals surface area contributed by atoms with Crippen LogP contribution in [0.1, 0.15) is 17.7 Å². The number of aromatic nitrogens is 1. The number of pyridine rings is 1. The van der Waals surface area contributed by atoms with Crippen molar-refractivity contribution in [1.82, 2.24) is 4.98 Å². The SMILES string of the molecule is COc1cc(C(F)F)c(F)c(CC(=O)O)n1. The molecule has 4 nitrogen and oxygen atoms in total. The summed E-state index contributed by atoms with van der Waals surface area (Å²) in [6.45, 7) is 0. The number of hydrogen-bond acceptors (Lipinski definition) is 3. The molecule has 1 aromatic heterocycles. The molecule has 0 amide bonds. The van der Waals surface area contributed by atoms with Crippen LogP contribution in [0.2, 0.25) is 0 Å². The van der Waals surface area contributed by atoms with Crippen LogP contribution in [-0.2, 0) is 11.2 Å². The molecule has 0 spiro atoms.